The third-order valence-electron chi connectivity index (χ3n) is 2.97. The predicted molar refractivity (Wildman–Crippen MR) is 63.9 cm³/mol. The minimum atomic E-state index is -0.386. The number of hydrogen-bond acceptors (Lipinski definition) is 2. The van der Waals surface area contributed by atoms with Gasteiger partial charge < -0.3 is 9.84 Å². The largest absolute Gasteiger partial charge is 0.388 e. The van der Waals surface area contributed by atoms with Gasteiger partial charge in [-0.3, -0.25) is 0 Å². The molecule has 0 saturated heterocycles. The molecule has 0 amide bonds. The molecule has 1 aliphatic heterocycles. The second kappa shape index (κ2) is 4.81. The van der Waals surface area contributed by atoms with E-state index < -0.39 is 0 Å². The molecular weight excluding hydrogens is 200 g/mol. The number of rotatable bonds is 4. The molecule has 2 rings (SSSR count). The summed E-state index contributed by atoms with van der Waals surface area (Å²) in [4.78, 5) is 0. The number of aliphatic hydroxyl groups excluding tert-OH is 1. The Bertz CT molecular complexity index is 396. The summed E-state index contributed by atoms with van der Waals surface area (Å²) in [5, 5.41) is 10.0. The van der Waals surface area contributed by atoms with Gasteiger partial charge in [0.25, 0.3) is 0 Å². The third kappa shape index (κ3) is 2.52. The van der Waals surface area contributed by atoms with Crippen LogP contribution in [0.25, 0.3) is 0 Å². The molecule has 0 aromatic heterocycles. The molecule has 0 radical (unpaired) electrons. The Labute approximate surface area is 96.6 Å². The lowest BCUT2D eigenvalue weighted by atomic mass is 9.99. The van der Waals surface area contributed by atoms with Crippen LogP contribution in [0.1, 0.15) is 42.6 Å². The quantitative estimate of drug-likeness (QED) is 0.787. The van der Waals surface area contributed by atoms with E-state index in [2.05, 4.69) is 18.7 Å². The van der Waals surface area contributed by atoms with E-state index in [1.165, 1.54) is 11.1 Å². The predicted octanol–water partition coefficient (Wildman–Crippen LogP) is 3.11. The maximum atomic E-state index is 10.0. The molecular formula is C14H18O2. The molecule has 0 aliphatic carbocycles. The van der Waals surface area contributed by atoms with Gasteiger partial charge in [-0.25, -0.2) is 0 Å². The lowest BCUT2D eigenvalue weighted by Gasteiger charge is -2.12. The van der Waals surface area contributed by atoms with Gasteiger partial charge in [-0.1, -0.05) is 23.8 Å². The zero-order valence-electron chi connectivity index (χ0n) is 9.70. The maximum absolute atomic E-state index is 10.0. The lowest BCUT2D eigenvalue weighted by Crippen LogP contribution is -1.99. The summed E-state index contributed by atoms with van der Waals surface area (Å²) in [7, 11) is 0. The highest BCUT2D eigenvalue weighted by Gasteiger charge is 2.14. The first-order chi connectivity index (χ1) is 7.66. The molecule has 1 N–H and O–H groups in total. The minimum absolute atomic E-state index is 0.386. The Balaban J connectivity index is 2.06. The molecule has 1 aromatic rings. The normalized spacial score (nSPS) is 15.9. The van der Waals surface area contributed by atoms with Crippen molar-refractivity contribution in [3.8, 4) is 0 Å². The van der Waals surface area contributed by atoms with Gasteiger partial charge in [-0.2, -0.15) is 0 Å². The van der Waals surface area contributed by atoms with E-state index >= 15 is 0 Å². The van der Waals surface area contributed by atoms with E-state index in [4.69, 9.17) is 4.74 Å². The average Bonchev–Trinajstić information content (AvgIpc) is 2.72. The molecule has 2 heteroatoms. The standard InChI is InChI=1S/C14H18O2/c1-10(2)3-6-14(15)11-4-5-12-8-16-9-13(12)7-11/h4-5,7,14-15H,1,3,6,8-9H2,2H3. The van der Waals surface area contributed by atoms with Crippen LogP contribution in [0.4, 0.5) is 0 Å². The third-order valence-corrected chi connectivity index (χ3v) is 2.97. The van der Waals surface area contributed by atoms with Crippen molar-refractivity contribution in [1.82, 2.24) is 0 Å². The minimum Gasteiger partial charge on any atom is -0.388 e. The zero-order valence-corrected chi connectivity index (χ0v) is 9.70. The summed E-state index contributed by atoms with van der Waals surface area (Å²) in [6, 6.07) is 6.11. The number of hydrogen-bond donors (Lipinski definition) is 1. The Morgan fingerprint density at radius 1 is 1.44 bits per heavy atom. The fourth-order valence-electron chi connectivity index (χ4n) is 1.95. The second-order valence-electron chi connectivity index (χ2n) is 4.53. The Kier molecular flexibility index (Phi) is 3.42. The van der Waals surface area contributed by atoms with Crippen LogP contribution in [-0.2, 0) is 18.0 Å². The topological polar surface area (TPSA) is 29.5 Å². The van der Waals surface area contributed by atoms with E-state index in [9.17, 15) is 5.11 Å². The number of benzene rings is 1. The van der Waals surface area contributed by atoms with Crippen LogP contribution < -0.4 is 0 Å². The van der Waals surface area contributed by atoms with Crippen molar-refractivity contribution < 1.29 is 9.84 Å². The van der Waals surface area contributed by atoms with Crippen molar-refractivity contribution in [3.63, 3.8) is 0 Å². The highest BCUT2D eigenvalue weighted by atomic mass is 16.5. The highest BCUT2D eigenvalue weighted by Crippen LogP contribution is 2.26. The van der Waals surface area contributed by atoms with Crippen molar-refractivity contribution in [2.75, 3.05) is 0 Å². The Morgan fingerprint density at radius 2 is 2.19 bits per heavy atom. The lowest BCUT2D eigenvalue weighted by molar-refractivity contribution is 0.134. The number of aliphatic hydroxyl groups is 1. The van der Waals surface area contributed by atoms with Crippen LogP contribution in [-0.4, -0.2) is 5.11 Å². The number of fused-ring (bicyclic) bond motifs is 1. The van der Waals surface area contributed by atoms with Crippen LogP contribution in [0.3, 0.4) is 0 Å². The first-order valence-corrected chi connectivity index (χ1v) is 5.68. The van der Waals surface area contributed by atoms with Gasteiger partial charge in [0.15, 0.2) is 0 Å². The summed E-state index contributed by atoms with van der Waals surface area (Å²) in [5.41, 5.74) is 4.57. The summed E-state index contributed by atoms with van der Waals surface area (Å²) >= 11 is 0. The van der Waals surface area contributed by atoms with E-state index in [0.29, 0.717) is 13.2 Å². The molecule has 1 aliphatic rings. The van der Waals surface area contributed by atoms with E-state index in [1.54, 1.807) is 0 Å². The van der Waals surface area contributed by atoms with Crippen molar-refractivity contribution >= 4 is 0 Å². The Hall–Kier alpha value is -1.12. The van der Waals surface area contributed by atoms with Gasteiger partial charge in [0.05, 0.1) is 19.3 Å². The van der Waals surface area contributed by atoms with Crippen LogP contribution in [0.15, 0.2) is 30.4 Å². The molecule has 1 unspecified atom stereocenters. The maximum Gasteiger partial charge on any atom is 0.0793 e. The molecule has 0 saturated carbocycles. The van der Waals surface area contributed by atoms with E-state index in [0.717, 1.165) is 24.0 Å². The second-order valence-corrected chi connectivity index (χ2v) is 4.53. The Morgan fingerprint density at radius 3 is 2.94 bits per heavy atom. The smallest absolute Gasteiger partial charge is 0.0793 e. The van der Waals surface area contributed by atoms with Gasteiger partial charge in [0.1, 0.15) is 0 Å². The fraction of sp³-hybridized carbons (Fsp3) is 0.429. The number of allylic oxidation sites excluding steroid dienone is 1. The van der Waals surface area contributed by atoms with Crippen molar-refractivity contribution in [1.29, 1.82) is 0 Å². The van der Waals surface area contributed by atoms with Gasteiger partial charge in [0.2, 0.25) is 0 Å². The van der Waals surface area contributed by atoms with E-state index in [-0.39, 0.29) is 6.10 Å². The highest BCUT2D eigenvalue weighted by molar-refractivity contribution is 5.34. The first-order valence-electron chi connectivity index (χ1n) is 5.68. The fourth-order valence-corrected chi connectivity index (χ4v) is 1.95. The van der Waals surface area contributed by atoms with Crippen LogP contribution in [0.2, 0.25) is 0 Å². The summed E-state index contributed by atoms with van der Waals surface area (Å²) in [6.07, 6.45) is 1.23. The molecule has 0 spiro atoms. The van der Waals surface area contributed by atoms with Crippen molar-refractivity contribution in [3.05, 3.63) is 47.0 Å². The summed E-state index contributed by atoms with van der Waals surface area (Å²) in [6.45, 7) is 7.22. The summed E-state index contributed by atoms with van der Waals surface area (Å²) < 4.78 is 5.35. The van der Waals surface area contributed by atoms with Crippen molar-refractivity contribution in [2.45, 2.75) is 39.1 Å². The molecule has 0 fully saturated rings. The molecule has 1 atom stereocenters. The van der Waals surface area contributed by atoms with Gasteiger partial charge in [-0.15, -0.1) is 6.58 Å². The monoisotopic (exact) mass is 218 g/mol. The molecule has 16 heavy (non-hydrogen) atoms. The van der Waals surface area contributed by atoms with Gasteiger partial charge in [-0.05, 0) is 36.5 Å². The first kappa shape index (κ1) is 11.4. The molecule has 86 valence electrons. The number of ether oxygens (including phenoxy) is 1. The SMILES string of the molecule is C=C(C)CCC(O)c1ccc2c(c1)COC2. The van der Waals surface area contributed by atoms with E-state index in [1.807, 2.05) is 13.0 Å². The van der Waals surface area contributed by atoms with Crippen LogP contribution >= 0.6 is 0 Å². The van der Waals surface area contributed by atoms with Crippen molar-refractivity contribution in [2.24, 2.45) is 0 Å². The zero-order chi connectivity index (χ0) is 11.5. The van der Waals surface area contributed by atoms with Gasteiger partial charge >= 0.3 is 0 Å². The van der Waals surface area contributed by atoms with Crippen LogP contribution in [0, 0.1) is 0 Å². The van der Waals surface area contributed by atoms with Crippen LogP contribution in [0.5, 0.6) is 0 Å². The average molecular weight is 218 g/mol. The van der Waals surface area contributed by atoms with Gasteiger partial charge in [0, 0.05) is 0 Å². The molecule has 2 nitrogen and oxygen atoms in total. The molecule has 1 aromatic carbocycles. The summed E-state index contributed by atoms with van der Waals surface area (Å²) in [5.74, 6) is 0. The molecule has 0 bridgehead atoms. The molecule has 1 heterocycles.